The molecule has 3 N–H and O–H groups in total. The van der Waals surface area contributed by atoms with Crippen molar-refractivity contribution in [1.82, 2.24) is 0 Å². The molecule has 0 amide bonds. The molecule has 0 spiro atoms. The first kappa shape index (κ1) is 12.7. The van der Waals surface area contributed by atoms with Crippen LogP contribution in [0.4, 0.5) is 5.69 Å². The Morgan fingerprint density at radius 3 is 3.11 bits per heavy atom. The minimum absolute atomic E-state index is 0.130. The summed E-state index contributed by atoms with van der Waals surface area (Å²) in [5.41, 5.74) is 7.96. The van der Waals surface area contributed by atoms with Gasteiger partial charge in [-0.25, -0.2) is 0 Å². The molecule has 1 unspecified atom stereocenters. The fourth-order valence-electron chi connectivity index (χ4n) is 2.12. The summed E-state index contributed by atoms with van der Waals surface area (Å²) in [7, 11) is 0. The smallest absolute Gasteiger partial charge is 0.123 e. The molecular formula is C14H19N3O. The molecule has 0 saturated carbocycles. The number of benzene rings is 1. The van der Waals surface area contributed by atoms with Crippen molar-refractivity contribution in [1.29, 1.82) is 5.26 Å². The predicted molar refractivity (Wildman–Crippen MR) is 71.6 cm³/mol. The molecule has 1 aliphatic heterocycles. The fraction of sp³-hybridized carbons (Fsp3) is 0.500. The van der Waals surface area contributed by atoms with Gasteiger partial charge in [0, 0.05) is 31.6 Å². The molecule has 0 fully saturated rings. The summed E-state index contributed by atoms with van der Waals surface area (Å²) < 4.78 is 5.68. The van der Waals surface area contributed by atoms with Crippen LogP contribution >= 0.6 is 0 Å². The molecule has 1 aromatic carbocycles. The summed E-state index contributed by atoms with van der Waals surface area (Å²) in [5, 5.41) is 11.8. The highest BCUT2D eigenvalue weighted by Gasteiger charge is 2.21. The number of nitrogens with one attached hydrogen (secondary N) is 1. The zero-order chi connectivity index (χ0) is 12.8. The van der Waals surface area contributed by atoms with Gasteiger partial charge in [-0.1, -0.05) is 0 Å². The van der Waals surface area contributed by atoms with E-state index in [1.165, 1.54) is 5.56 Å². The molecule has 0 aliphatic carbocycles. The van der Waals surface area contributed by atoms with Crippen LogP contribution in [0.5, 0.6) is 5.75 Å². The molecule has 1 heterocycles. The Balaban J connectivity index is 1.83. The lowest BCUT2D eigenvalue weighted by Crippen LogP contribution is -2.24. The van der Waals surface area contributed by atoms with Gasteiger partial charge in [-0.05, 0) is 36.6 Å². The van der Waals surface area contributed by atoms with Gasteiger partial charge >= 0.3 is 0 Å². The van der Waals surface area contributed by atoms with Crippen molar-refractivity contribution >= 4 is 5.69 Å². The topological polar surface area (TPSA) is 71.1 Å². The lowest BCUT2D eigenvalue weighted by molar-refractivity contribution is 0.241. The largest absolute Gasteiger partial charge is 0.488 e. The molecule has 0 radical (unpaired) electrons. The highest BCUT2D eigenvalue weighted by Crippen LogP contribution is 2.30. The van der Waals surface area contributed by atoms with Gasteiger partial charge in [-0.15, -0.1) is 0 Å². The molecule has 96 valence electrons. The average molecular weight is 245 g/mol. The second-order valence-electron chi connectivity index (χ2n) is 4.54. The number of unbranched alkanes of at least 4 members (excludes halogenated alkanes) is 2. The van der Waals surface area contributed by atoms with Gasteiger partial charge in [-0.3, -0.25) is 0 Å². The predicted octanol–water partition coefficient (Wildman–Crippen LogP) is 2.05. The van der Waals surface area contributed by atoms with Crippen molar-refractivity contribution in [2.45, 2.75) is 31.8 Å². The minimum Gasteiger partial charge on any atom is -0.488 e. The number of ether oxygens (including phenoxy) is 1. The van der Waals surface area contributed by atoms with Crippen LogP contribution in [0.2, 0.25) is 0 Å². The van der Waals surface area contributed by atoms with Gasteiger partial charge in [0.05, 0.1) is 6.07 Å². The quantitative estimate of drug-likeness (QED) is 0.752. The molecule has 1 atom stereocenters. The Labute approximate surface area is 108 Å². The number of fused-ring (bicyclic) bond motifs is 1. The van der Waals surface area contributed by atoms with Crippen LogP contribution < -0.4 is 15.8 Å². The molecule has 1 aliphatic rings. The lowest BCUT2D eigenvalue weighted by Gasteiger charge is -2.07. The van der Waals surface area contributed by atoms with E-state index >= 15 is 0 Å². The maximum Gasteiger partial charge on any atom is 0.123 e. The number of anilines is 1. The van der Waals surface area contributed by atoms with E-state index in [-0.39, 0.29) is 6.10 Å². The average Bonchev–Trinajstić information content (AvgIpc) is 2.80. The molecular weight excluding hydrogens is 226 g/mol. The molecule has 4 heteroatoms. The van der Waals surface area contributed by atoms with Crippen LogP contribution in [0.3, 0.4) is 0 Å². The Bertz CT molecular complexity index is 439. The van der Waals surface area contributed by atoms with Crippen LogP contribution in [0.25, 0.3) is 0 Å². The Morgan fingerprint density at radius 2 is 2.33 bits per heavy atom. The highest BCUT2D eigenvalue weighted by molar-refractivity contribution is 5.52. The number of nitrogens with zero attached hydrogens (tertiary/aromatic N) is 1. The second-order valence-corrected chi connectivity index (χ2v) is 4.54. The monoisotopic (exact) mass is 245 g/mol. The molecule has 0 aromatic heterocycles. The molecule has 18 heavy (non-hydrogen) atoms. The summed E-state index contributed by atoms with van der Waals surface area (Å²) in [6, 6.07) is 8.32. The van der Waals surface area contributed by atoms with E-state index in [1.807, 2.05) is 12.1 Å². The van der Waals surface area contributed by atoms with Gasteiger partial charge in [0.15, 0.2) is 0 Å². The zero-order valence-corrected chi connectivity index (χ0v) is 10.5. The fourth-order valence-corrected chi connectivity index (χ4v) is 2.12. The van der Waals surface area contributed by atoms with Gasteiger partial charge in [-0.2, -0.15) is 5.26 Å². The third-order valence-corrected chi connectivity index (χ3v) is 3.11. The minimum atomic E-state index is 0.130. The van der Waals surface area contributed by atoms with E-state index in [2.05, 4.69) is 17.5 Å². The highest BCUT2D eigenvalue weighted by atomic mass is 16.5. The van der Waals surface area contributed by atoms with Gasteiger partial charge in [0.2, 0.25) is 0 Å². The van der Waals surface area contributed by atoms with Crippen molar-refractivity contribution in [3.8, 4) is 11.8 Å². The number of rotatable bonds is 6. The van der Waals surface area contributed by atoms with Crippen molar-refractivity contribution in [3.05, 3.63) is 23.8 Å². The normalized spacial score (nSPS) is 16.8. The SMILES string of the molecule is N#CCCCCNc1ccc2c(c1)CC(CN)O2. The van der Waals surface area contributed by atoms with Crippen molar-refractivity contribution in [2.75, 3.05) is 18.4 Å². The molecule has 0 saturated heterocycles. The van der Waals surface area contributed by atoms with Crippen molar-refractivity contribution in [2.24, 2.45) is 5.73 Å². The maximum atomic E-state index is 8.44. The van der Waals surface area contributed by atoms with Crippen LogP contribution in [0.15, 0.2) is 18.2 Å². The van der Waals surface area contributed by atoms with E-state index in [0.717, 1.165) is 37.2 Å². The maximum absolute atomic E-state index is 8.44. The Kier molecular flexibility index (Phi) is 4.43. The number of hydrogen-bond donors (Lipinski definition) is 2. The first-order valence-electron chi connectivity index (χ1n) is 6.44. The third kappa shape index (κ3) is 3.14. The van der Waals surface area contributed by atoms with E-state index in [9.17, 15) is 0 Å². The Morgan fingerprint density at radius 1 is 1.44 bits per heavy atom. The summed E-state index contributed by atoms with van der Waals surface area (Å²) in [5.74, 6) is 0.959. The van der Waals surface area contributed by atoms with E-state index in [1.54, 1.807) is 0 Å². The van der Waals surface area contributed by atoms with Crippen molar-refractivity contribution < 1.29 is 4.74 Å². The number of hydrogen-bond acceptors (Lipinski definition) is 4. The summed E-state index contributed by atoms with van der Waals surface area (Å²) >= 11 is 0. The van der Waals surface area contributed by atoms with Crippen LogP contribution in [0.1, 0.15) is 24.8 Å². The Hall–Kier alpha value is -1.73. The molecule has 0 bridgehead atoms. The van der Waals surface area contributed by atoms with Gasteiger partial charge in [0.25, 0.3) is 0 Å². The standard InChI is InChI=1S/C14H19N3O/c15-6-2-1-3-7-17-12-4-5-14-11(8-12)9-13(10-16)18-14/h4-5,8,13,17H,1-3,7,9-10,16H2. The first-order valence-corrected chi connectivity index (χ1v) is 6.44. The van der Waals surface area contributed by atoms with Gasteiger partial charge in [0.1, 0.15) is 11.9 Å². The zero-order valence-electron chi connectivity index (χ0n) is 10.5. The summed E-state index contributed by atoms with van der Waals surface area (Å²) in [4.78, 5) is 0. The molecule has 4 nitrogen and oxygen atoms in total. The van der Waals surface area contributed by atoms with E-state index in [4.69, 9.17) is 15.7 Å². The number of nitriles is 1. The van der Waals surface area contributed by atoms with Crippen LogP contribution in [-0.2, 0) is 6.42 Å². The summed E-state index contributed by atoms with van der Waals surface area (Å²) in [6.07, 6.45) is 3.64. The van der Waals surface area contributed by atoms with Crippen LogP contribution in [0, 0.1) is 11.3 Å². The second kappa shape index (κ2) is 6.27. The van der Waals surface area contributed by atoms with Crippen molar-refractivity contribution in [3.63, 3.8) is 0 Å². The van der Waals surface area contributed by atoms with Gasteiger partial charge < -0.3 is 15.8 Å². The molecule has 1 aromatic rings. The number of nitrogens with two attached hydrogens (primary N) is 1. The van der Waals surface area contributed by atoms with E-state index in [0.29, 0.717) is 13.0 Å². The van der Waals surface area contributed by atoms with E-state index < -0.39 is 0 Å². The van der Waals surface area contributed by atoms with Crippen LogP contribution in [-0.4, -0.2) is 19.2 Å². The third-order valence-electron chi connectivity index (χ3n) is 3.11. The summed E-state index contributed by atoms with van der Waals surface area (Å²) in [6.45, 7) is 1.47. The molecule has 2 rings (SSSR count). The lowest BCUT2D eigenvalue weighted by atomic mass is 10.1. The first-order chi connectivity index (χ1) is 8.83.